The van der Waals surface area contributed by atoms with Crippen molar-refractivity contribution >= 4 is 22.2 Å². The average Bonchev–Trinajstić information content (AvgIpc) is 3.16. The summed E-state index contributed by atoms with van der Waals surface area (Å²) in [6.07, 6.45) is 1.98. The predicted molar refractivity (Wildman–Crippen MR) is 91.9 cm³/mol. The first-order valence-corrected chi connectivity index (χ1v) is 8.61. The molecule has 1 amide bonds. The number of carbonyl (C=O) groups excluding carboxylic acids is 1. The van der Waals surface area contributed by atoms with E-state index < -0.39 is 0 Å². The van der Waals surface area contributed by atoms with Crippen LogP contribution in [0.3, 0.4) is 0 Å². The molecule has 0 spiro atoms. The van der Waals surface area contributed by atoms with Gasteiger partial charge in [-0.3, -0.25) is 9.20 Å². The summed E-state index contributed by atoms with van der Waals surface area (Å²) in [5.74, 6) is 0.0350. The lowest BCUT2D eigenvalue weighted by Gasteiger charge is -2.32. The first kappa shape index (κ1) is 14.4. The maximum atomic E-state index is 13.0. The van der Waals surface area contributed by atoms with Gasteiger partial charge < -0.3 is 9.80 Å². The van der Waals surface area contributed by atoms with Crippen LogP contribution in [-0.4, -0.2) is 58.3 Å². The molecular formula is C17H18N4OS. The van der Waals surface area contributed by atoms with Gasteiger partial charge in [0.15, 0.2) is 10.7 Å². The summed E-state index contributed by atoms with van der Waals surface area (Å²) < 4.78 is 2.02. The van der Waals surface area contributed by atoms with Crippen LogP contribution in [0.5, 0.6) is 0 Å². The molecule has 3 heterocycles. The first-order valence-electron chi connectivity index (χ1n) is 7.73. The third-order valence-electron chi connectivity index (χ3n) is 4.30. The highest BCUT2D eigenvalue weighted by Crippen LogP contribution is 2.28. The number of likely N-dealkylation sites (N-methyl/N-ethyl adjacent to an activating group) is 1. The second-order valence-corrected chi connectivity index (χ2v) is 6.70. The standard InChI is InChI=1S/C17H18N4OS/c1-19-7-9-20(10-8-19)16(22)14-15(13-5-3-2-4-6-13)21-11-12-23-17(21)18-14/h2-6,11-12H,7-10H2,1H3. The molecule has 5 nitrogen and oxygen atoms in total. The van der Waals surface area contributed by atoms with Gasteiger partial charge in [0.25, 0.3) is 5.91 Å². The molecule has 2 aromatic heterocycles. The molecule has 0 aliphatic carbocycles. The Morgan fingerprint density at radius 2 is 1.87 bits per heavy atom. The second-order valence-electron chi connectivity index (χ2n) is 5.83. The van der Waals surface area contributed by atoms with Crippen molar-refractivity contribution in [3.05, 3.63) is 47.6 Å². The fourth-order valence-corrected chi connectivity index (χ4v) is 3.68. The number of carbonyl (C=O) groups is 1. The monoisotopic (exact) mass is 326 g/mol. The second kappa shape index (κ2) is 5.79. The van der Waals surface area contributed by atoms with Gasteiger partial charge in [-0.2, -0.15) is 0 Å². The molecular weight excluding hydrogens is 308 g/mol. The molecule has 118 valence electrons. The molecule has 0 unspecified atom stereocenters. The number of thiazole rings is 1. The summed E-state index contributed by atoms with van der Waals surface area (Å²) >= 11 is 1.55. The van der Waals surface area contributed by atoms with E-state index in [9.17, 15) is 4.79 Å². The highest BCUT2D eigenvalue weighted by atomic mass is 32.1. The summed E-state index contributed by atoms with van der Waals surface area (Å²) in [6, 6.07) is 10.0. The van der Waals surface area contributed by atoms with E-state index in [1.54, 1.807) is 11.3 Å². The largest absolute Gasteiger partial charge is 0.335 e. The van der Waals surface area contributed by atoms with Gasteiger partial charge in [-0.25, -0.2) is 4.98 Å². The van der Waals surface area contributed by atoms with Crippen LogP contribution >= 0.6 is 11.3 Å². The minimum Gasteiger partial charge on any atom is -0.335 e. The maximum Gasteiger partial charge on any atom is 0.274 e. The highest BCUT2D eigenvalue weighted by Gasteiger charge is 2.27. The molecule has 0 atom stereocenters. The number of aromatic nitrogens is 2. The van der Waals surface area contributed by atoms with Crippen molar-refractivity contribution < 1.29 is 4.79 Å². The molecule has 0 N–H and O–H groups in total. The van der Waals surface area contributed by atoms with E-state index in [0.29, 0.717) is 5.69 Å². The molecule has 1 aliphatic rings. The molecule has 1 aromatic carbocycles. The number of amides is 1. The Morgan fingerprint density at radius 3 is 2.61 bits per heavy atom. The van der Waals surface area contributed by atoms with E-state index in [1.165, 1.54) is 0 Å². The lowest BCUT2D eigenvalue weighted by molar-refractivity contribution is 0.0660. The summed E-state index contributed by atoms with van der Waals surface area (Å²) in [5, 5.41) is 2.00. The molecule has 1 saturated heterocycles. The molecule has 6 heteroatoms. The Labute approximate surface area is 138 Å². The number of benzene rings is 1. The van der Waals surface area contributed by atoms with Gasteiger partial charge in [-0.05, 0) is 7.05 Å². The third-order valence-corrected chi connectivity index (χ3v) is 5.06. The molecule has 1 fully saturated rings. The maximum absolute atomic E-state index is 13.0. The van der Waals surface area contributed by atoms with Gasteiger partial charge in [-0.1, -0.05) is 30.3 Å². The van der Waals surface area contributed by atoms with E-state index in [4.69, 9.17) is 0 Å². The lowest BCUT2D eigenvalue weighted by Crippen LogP contribution is -2.47. The number of rotatable bonds is 2. The fraction of sp³-hybridized carbons (Fsp3) is 0.294. The number of hydrogen-bond acceptors (Lipinski definition) is 4. The third kappa shape index (κ3) is 2.54. The lowest BCUT2D eigenvalue weighted by atomic mass is 10.1. The van der Waals surface area contributed by atoms with Crippen molar-refractivity contribution in [2.45, 2.75) is 0 Å². The van der Waals surface area contributed by atoms with Crippen LogP contribution in [0.4, 0.5) is 0 Å². The van der Waals surface area contributed by atoms with Crippen LogP contribution in [0.25, 0.3) is 16.2 Å². The van der Waals surface area contributed by atoms with Gasteiger partial charge in [0.05, 0.1) is 5.69 Å². The van der Waals surface area contributed by atoms with Crippen molar-refractivity contribution in [1.82, 2.24) is 19.2 Å². The number of fused-ring (bicyclic) bond motifs is 1. The zero-order valence-corrected chi connectivity index (χ0v) is 13.8. The Hall–Kier alpha value is -2.18. The van der Waals surface area contributed by atoms with E-state index in [2.05, 4.69) is 16.9 Å². The van der Waals surface area contributed by atoms with Gasteiger partial charge >= 0.3 is 0 Å². The SMILES string of the molecule is CN1CCN(C(=O)c2nc3sccn3c2-c2ccccc2)CC1. The number of hydrogen-bond donors (Lipinski definition) is 0. The van der Waals surface area contributed by atoms with Crippen LogP contribution in [-0.2, 0) is 0 Å². The normalized spacial score (nSPS) is 16.1. The minimum atomic E-state index is 0.0350. The van der Waals surface area contributed by atoms with Crippen molar-refractivity contribution in [3.8, 4) is 11.3 Å². The Kier molecular flexibility index (Phi) is 3.63. The quantitative estimate of drug-likeness (QED) is 0.726. The molecule has 3 aromatic rings. The van der Waals surface area contributed by atoms with Crippen LogP contribution in [0.15, 0.2) is 41.9 Å². The van der Waals surface area contributed by atoms with E-state index in [1.807, 2.05) is 51.2 Å². The van der Waals surface area contributed by atoms with Crippen LogP contribution in [0, 0.1) is 0 Å². The Morgan fingerprint density at radius 1 is 1.13 bits per heavy atom. The smallest absolute Gasteiger partial charge is 0.274 e. The first-order chi connectivity index (χ1) is 11.2. The predicted octanol–water partition coefficient (Wildman–Crippen LogP) is 2.45. The topological polar surface area (TPSA) is 40.8 Å². The Bertz CT molecular complexity index is 831. The molecule has 4 rings (SSSR count). The van der Waals surface area contributed by atoms with E-state index in [-0.39, 0.29) is 5.91 Å². The average molecular weight is 326 g/mol. The molecule has 0 saturated carbocycles. The fourth-order valence-electron chi connectivity index (χ4n) is 2.97. The van der Waals surface area contributed by atoms with Gasteiger partial charge in [0.2, 0.25) is 0 Å². The summed E-state index contributed by atoms with van der Waals surface area (Å²) in [5.41, 5.74) is 2.48. The van der Waals surface area contributed by atoms with Crippen molar-refractivity contribution in [2.24, 2.45) is 0 Å². The number of piperazine rings is 1. The Balaban J connectivity index is 1.78. The zero-order valence-electron chi connectivity index (χ0n) is 13.0. The van der Waals surface area contributed by atoms with Gasteiger partial charge in [0.1, 0.15) is 0 Å². The molecule has 0 radical (unpaired) electrons. The number of imidazole rings is 1. The van der Waals surface area contributed by atoms with Crippen molar-refractivity contribution in [3.63, 3.8) is 0 Å². The van der Waals surface area contributed by atoms with Gasteiger partial charge in [-0.15, -0.1) is 11.3 Å². The summed E-state index contributed by atoms with van der Waals surface area (Å²) in [4.78, 5) is 22.6. The zero-order chi connectivity index (χ0) is 15.8. The van der Waals surface area contributed by atoms with Crippen LogP contribution in [0.2, 0.25) is 0 Å². The van der Waals surface area contributed by atoms with Crippen molar-refractivity contribution in [1.29, 1.82) is 0 Å². The summed E-state index contributed by atoms with van der Waals surface area (Å²) in [6.45, 7) is 3.34. The van der Waals surface area contributed by atoms with Crippen LogP contribution < -0.4 is 0 Å². The minimum absolute atomic E-state index is 0.0350. The van der Waals surface area contributed by atoms with Crippen molar-refractivity contribution in [2.75, 3.05) is 33.2 Å². The molecule has 1 aliphatic heterocycles. The summed E-state index contributed by atoms with van der Waals surface area (Å²) in [7, 11) is 2.09. The number of nitrogens with zero attached hydrogens (tertiary/aromatic N) is 4. The molecule has 0 bridgehead atoms. The molecule has 23 heavy (non-hydrogen) atoms. The van der Waals surface area contributed by atoms with Crippen LogP contribution in [0.1, 0.15) is 10.5 Å². The van der Waals surface area contributed by atoms with E-state index in [0.717, 1.165) is 42.4 Å². The van der Waals surface area contributed by atoms with E-state index >= 15 is 0 Å². The highest BCUT2D eigenvalue weighted by molar-refractivity contribution is 7.15. The van der Waals surface area contributed by atoms with Gasteiger partial charge in [0, 0.05) is 43.3 Å².